The molecule has 0 aliphatic rings. The first kappa shape index (κ1) is 12.1. The van der Waals surface area contributed by atoms with E-state index in [0.717, 1.165) is 24.3 Å². The van der Waals surface area contributed by atoms with Gasteiger partial charge >= 0.3 is 0 Å². The minimum absolute atomic E-state index is 0.676. The molecule has 4 nitrogen and oxygen atoms in total. The summed E-state index contributed by atoms with van der Waals surface area (Å²) in [5.74, 6) is 0. The van der Waals surface area contributed by atoms with Crippen LogP contribution in [0.2, 0.25) is 5.02 Å². The van der Waals surface area contributed by atoms with E-state index in [9.17, 15) is 0 Å². The molecule has 0 bridgehead atoms. The lowest BCUT2D eigenvalue weighted by molar-refractivity contribution is 0.605. The molecule has 0 radical (unpaired) electrons. The monoisotopic (exact) mass is 250 g/mol. The first-order valence-corrected chi connectivity index (χ1v) is 5.99. The van der Waals surface area contributed by atoms with Gasteiger partial charge in [-0.3, -0.25) is 9.67 Å². The Morgan fingerprint density at radius 2 is 2.24 bits per heavy atom. The van der Waals surface area contributed by atoms with Crippen molar-refractivity contribution in [2.24, 2.45) is 0 Å². The lowest BCUT2D eigenvalue weighted by Gasteiger charge is -2.08. The van der Waals surface area contributed by atoms with Crippen molar-refractivity contribution >= 4 is 11.6 Å². The number of hydrogen-bond acceptors (Lipinski definition) is 3. The molecule has 0 aliphatic carbocycles. The second kappa shape index (κ2) is 5.80. The van der Waals surface area contributed by atoms with Crippen LogP contribution in [0.25, 0.3) is 0 Å². The van der Waals surface area contributed by atoms with Crippen LogP contribution in [-0.4, -0.2) is 21.3 Å². The lowest BCUT2D eigenvalue weighted by atomic mass is 10.2. The van der Waals surface area contributed by atoms with Gasteiger partial charge in [-0.05, 0) is 24.2 Å². The third-order valence-corrected chi connectivity index (χ3v) is 2.88. The topological polar surface area (TPSA) is 42.7 Å². The Bertz CT molecular complexity index is 481. The SMILES string of the molecule is CCNCc1ccnn1Cc1ccncc1Cl. The van der Waals surface area contributed by atoms with Crippen LogP contribution in [0.3, 0.4) is 0 Å². The molecule has 0 fully saturated rings. The Hall–Kier alpha value is -1.39. The standard InChI is InChI=1S/C12H15ClN4/c1-2-14-7-11-4-6-16-17(11)9-10-3-5-15-8-12(10)13/h3-6,8,14H,2,7,9H2,1H3. The minimum atomic E-state index is 0.676. The number of nitrogens with zero attached hydrogens (tertiary/aromatic N) is 3. The minimum Gasteiger partial charge on any atom is -0.311 e. The van der Waals surface area contributed by atoms with Gasteiger partial charge in [-0.1, -0.05) is 18.5 Å². The quantitative estimate of drug-likeness (QED) is 0.884. The van der Waals surface area contributed by atoms with Crippen molar-refractivity contribution in [3.05, 3.63) is 47.0 Å². The van der Waals surface area contributed by atoms with Crippen LogP contribution in [0, 0.1) is 0 Å². The van der Waals surface area contributed by atoms with E-state index in [1.165, 1.54) is 0 Å². The van der Waals surface area contributed by atoms with Crippen LogP contribution in [0.1, 0.15) is 18.2 Å². The molecule has 2 heterocycles. The first-order chi connectivity index (χ1) is 8.31. The van der Waals surface area contributed by atoms with Crippen molar-refractivity contribution < 1.29 is 0 Å². The van der Waals surface area contributed by atoms with Gasteiger partial charge in [0.25, 0.3) is 0 Å². The van der Waals surface area contributed by atoms with Crippen LogP contribution in [0.5, 0.6) is 0 Å². The molecular formula is C12H15ClN4. The summed E-state index contributed by atoms with van der Waals surface area (Å²) in [5.41, 5.74) is 2.18. The first-order valence-electron chi connectivity index (χ1n) is 5.61. The second-order valence-corrected chi connectivity index (χ2v) is 4.13. The molecule has 90 valence electrons. The van der Waals surface area contributed by atoms with E-state index in [4.69, 9.17) is 11.6 Å². The Balaban J connectivity index is 2.13. The molecule has 0 atom stereocenters. The highest BCUT2D eigenvalue weighted by molar-refractivity contribution is 6.31. The maximum absolute atomic E-state index is 6.08. The zero-order valence-electron chi connectivity index (χ0n) is 9.73. The van der Waals surface area contributed by atoms with Gasteiger partial charge < -0.3 is 5.32 Å². The van der Waals surface area contributed by atoms with E-state index in [1.54, 1.807) is 12.4 Å². The summed E-state index contributed by atoms with van der Waals surface area (Å²) in [6, 6.07) is 3.93. The molecule has 2 aromatic rings. The summed E-state index contributed by atoms with van der Waals surface area (Å²) in [6.45, 7) is 4.52. The second-order valence-electron chi connectivity index (χ2n) is 3.73. The van der Waals surface area contributed by atoms with Crippen molar-refractivity contribution in [3.8, 4) is 0 Å². The van der Waals surface area contributed by atoms with Crippen LogP contribution >= 0.6 is 11.6 Å². The van der Waals surface area contributed by atoms with Gasteiger partial charge in [0.1, 0.15) is 0 Å². The molecule has 5 heteroatoms. The molecule has 0 aliphatic heterocycles. The highest BCUT2D eigenvalue weighted by atomic mass is 35.5. The number of halogens is 1. The fourth-order valence-corrected chi connectivity index (χ4v) is 1.78. The van der Waals surface area contributed by atoms with Crippen LogP contribution in [0.15, 0.2) is 30.7 Å². The van der Waals surface area contributed by atoms with E-state index in [0.29, 0.717) is 11.6 Å². The van der Waals surface area contributed by atoms with Crippen molar-refractivity contribution in [1.29, 1.82) is 0 Å². The number of pyridine rings is 1. The smallest absolute Gasteiger partial charge is 0.0678 e. The number of aromatic nitrogens is 3. The van der Waals surface area contributed by atoms with Gasteiger partial charge in [0.2, 0.25) is 0 Å². The van der Waals surface area contributed by atoms with Gasteiger partial charge in [-0.15, -0.1) is 0 Å². The van der Waals surface area contributed by atoms with E-state index in [2.05, 4.69) is 22.3 Å². The molecule has 17 heavy (non-hydrogen) atoms. The van der Waals surface area contributed by atoms with Crippen LogP contribution < -0.4 is 5.32 Å². The predicted octanol–water partition coefficient (Wildman–Crippen LogP) is 2.09. The van der Waals surface area contributed by atoms with Gasteiger partial charge in [-0.2, -0.15) is 5.10 Å². The Morgan fingerprint density at radius 3 is 3.00 bits per heavy atom. The van der Waals surface area contributed by atoms with Crippen molar-refractivity contribution in [2.45, 2.75) is 20.0 Å². The van der Waals surface area contributed by atoms with Crippen LogP contribution in [-0.2, 0) is 13.1 Å². The largest absolute Gasteiger partial charge is 0.311 e. The summed E-state index contributed by atoms with van der Waals surface area (Å²) >= 11 is 6.08. The zero-order chi connectivity index (χ0) is 12.1. The van der Waals surface area contributed by atoms with Gasteiger partial charge in [0, 0.05) is 25.1 Å². The third-order valence-electron chi connectivity index (χ3n) is 2.54. The Morgan fingerprint density at radius 1 is 1.35 bits per heavy atom. The predicted molar refractivity (Wildman–Crippen MR) is 68.0 cm³/mol. The summed E-state index contributed by atoms with van der Waals surface area (Å²) < 4.78 is 1.95. The van der Waals surface area contributed by atoms with E-state index in [1.807, 2.05) is 23.0 Å². The molecule has 2 aromatic heterocycles. The molecule has 0 aromatic carbocycles. The average molecular weight is 251 g/mol. The molecule has 1 N–H and O–H groups in total. The molecule has 0 amide bonds. The third kappa shape index (κ3) is 3.05. The Kier molecular flexibility index (Phi) is 4.12. The molecule has 0 unspecified atom stereocenters. The van der Waals surface area contributed by atoms with E-state index in [-0.39, 0.29) is 0 Å². The molecule has 2 rings (SSSR count). The summed E-state index contributed by atoms with van der Waals surface area (Å²) in [5, 5.41) is 8.27. The highest BCUT2D eigenvalue weighted by Gasteiger charge is 2.05. The molecular weight excluding hydrogens is 236 g/mol. The van der Waals surface area contributed by atoms with Gasteiger partial charge in [-0.25, -0.2) is 0 Å². The maximum atomic E-state index is 6.08. The average Bonchev–Trinajstić information content (AvgIpc) is 2.77. The van der Waals surface area contributed by atoms with Crippen molar-refractivity contribution in [3.63, 3.8) is 0 Å². The van der Waals surface area contributed by atoms with Crippen molar-refractivity contribution in [1.82, 2.24) is 20.1 Å². The number of rotatable bonds is 5. The lowest BCUT2D eigenvalue weighted by Crippen LogP contribution is -2.16. The molecule has 0 saturated heterocycles. The van der Waals surface area contributed by atoms with E-state index < -0.39 is 0 Å². The van der Waals surface area contributed by atoms with Crippen LogP contribution in [0.4, 0.5) is 0 Å². The maximum Gasteiger partial charge on any atom is 0.0678 e. The summed E-state index contributed by atoms with van der Waals surface area (Å²) in [6.07, 6.45) is 5.21. The van der Waals surface area contributed by atoms with Gasteiger partial charge in [0.05, 0.1) is 17.3 Å². The van der Waals surface area contributed by atoms with Gasteiger partial charge in [0.15, 0.2) is 0 Å². The molecule has 0 saturated carbocycles. The summed E-state index contributed by atoms with van der Waals surface area (Å²) in [4.78, 5) is 3.97. The normalized spacial score (nSPS) is 10.7. The fourth-order valence-electron chi connectivity index (χ4n) is 1.60. The zero-order valence-corrected chi connectivity index (χ0v) is 10.5. The number of hydrogen-bond donors (Lipinski definition) is 1. The van der Waals surface area contributed by atoms with Crippen molar-refractivity contribution in [2.75, 3.05) is 6.54 Å². The number of nitrogens with one attached hydrogen (secondary N) is 1. The van der Waals surface area contributed by atoms with E-state index >= 15 is 0 Å². The summed E-state index contributed by atoms with van der Waals surface area (Å²) in [7, 11) is 0. The Labute approximate surface area is 106 Å². The highest BCUT2D eigenvalue weighted by Crippen LogP contribution is 2.15. The fraction of sp³-hybridized carbons (Fsp3) is 0.333. The molecule has 0 spiro atoms.